The first-order valence-electron chi connectivity index (χ1n) is 10.1. The number of amides is 1. The van der Waals surface area contributed by atoms with E-state index in [2.05, 4.69) is 11.9 Å². The molecule has 1 fully saturated rings. The van der Waals surface area contributed by atoms with Crippen molar-refractivity contribution in [2.45, 2.75) is 38.6 Å². The van der Waals surface area contributed by atoms with Gasteiger partial charge in [0.1, 0.15) is 5.01 Å². The summed E-state index contributed by atoms with van der Waals surface area (Å²) in [6.45, 7) is 2.62. The average Bonchev–Trinajstić information content (AvgIpc) is 3.21. The van der Waals surface area contributed by atoms with Gasteiger partial charge in [-0.1, -0.05) is 37.3 Å². The molecule has 0 spiro atoms. The van der Waals surface area contributed by atoms with Gasteiger partial charge < -0.3 is 9.64 Å². The van der Waals surface area contributed by atoms with Crippen molar-refractivity contribution in [1.29, 1.82) is 0 Å². The van der Waals surface area contributed by atoms with Gasteiger partial charge in [0, 0.05) is 18.2 Å². The number of aromatic nitrogens is 1. The van der Waals surface area contributed by atoms with Gasteiger partial charge in [-0.15, -0.1) is 11.3 Å². The standard InChI is InChI=1S/C23H24N2O3S/c1-2-16-9-7-8-14-25(16)21(26)15-28-23(27)18-11-4-3-10-17(18)22-24-19-12-5-6-13-20(19)29-22/h3-6,10-13,16H,2,7-9,14-15H2,1H3/t16-/m0/s1. The Labute approximate surface area is 174 Å². The molecule has 0 N–H and O–H groups in total. The Morgan fingerprint density at radius 2 is 1.93 bits per heavy atom. The van der Waals surface area contributed by atoms with Crippen LogP contribution in [0.5, 0.6) is 0 Å². The zero-order valence-electron chi connectivity index (χ0n) is 16.5. The monoisotopic (exact) mass is 408 g/mol. The number of fused-ring (bicyclic) bond motifs is 1. The Balaban J connectivity index is 1.50. The summed E-state index contributed by atoms with van der Waals surface area (Å²) in [6, 6.07) is 15.4. The minimum Gasteiger partial charge on any atom is -0.452 e. The Bertz CT molecular complexity index is 997. The van der Waals surface area contributed by atoms with Gasteiger partial charge in [0.15, 0.2) is 6.61 Å². The van der Waals surface area contributed by atoms with E-state index in [0.29, 0.717) is 5.56 Å². The lowest BCUT2D eigenvalue weighted by molar-refractivity contribution is -0.138. The van der Waals surface area contributed by atoms with E-state index in [1.807, 2.05) is 41.3 Å². The van der Waals surface area contributed by atoms with Crippen LogP contribution in [-0.2, 0) is 9.53 Å². The highest BCUT2D eigenvalue weighted by atomic mass is 32.1. The first-order valence-corrected chi connectivity index (χ1v) is 10.9. The van der Waals surface area contributed by atoms with Crippen LogP contribution in [0.1, 0.15) is 43.0 Å². The number of para-hydroxylation sites is 1. The van der Waals surface area contributed by atoms with Crippen molar-refractivity contribution in [3.8, 4) is 10.6 Å². The number of carbonyl (C=O) groups is 2. The summed E-state index contributed by atoms with van der Waals surface area (Å²) in [5.74, 6) is -0.597. The van der Waals surface area contributed by atoms with Crippen molar-refractivity contribution in [3.63, 3.8) is 0 Å². The van der Waals surface area contributed by atoms with E-state index < -0.39 is 5.97 Å². The number of hydrogen-bond acceptors (Lipinski definition) is 5. The second-order valence-electron chi connectivity index (χ2n) is 7.25. The van der Waals surface area contributed by atoms with Crippen LogP contribution in [0.15, 0.2) is 48.5 Å². The summed E-state index contributed by atoms with van der Waals surface area (Å²) in [5.41, 5.74) is 2.07. The predicted molar refractivity (Wildman–Crippen MR) is 115 cm³/mol. The third-order valence-electron chi connectivity index (χ3n) is 5.42. The average molecular weight is 409 g/mol. The van der Waals surface area contributed by atoms with Crippen LogP contribution in [0.3, 0.4) is 0 Å². The van der Waals surface area contributed by atoms with Gasteiger partial charge in [-0.05, 0) is 43.9 Å². The van der Waals surface area contributed by atoms with Crippen LogP contribution in [0, 0.1) is 0 Å². The topological polar surface area (TPSA) is 59.5 Å². The highest BCUT2D eigenvalue weighted by Gasteiger charge is 2.26. The lowest BCUT2D eigenvalue weighted by Gasteiger charge is -2.35. The molecule has 3 aromatic rings. The molecule has 2 aromatic carbocycles. The number of nitrogens with zero attached hydrogens (tertiary/aromatic N) is 2. The quantitative estimate of drug-likeness (QED) is 0.563. The van der Waals surface area contributed by atoms with E-state index in [0.717, 1.165) is 53.0 Å². The normalized spacial score (nSPS) is 16.7. The minimum absolute atomic E-state index is 0.109. The maximum atomic E-state index is 12.8. The Morgan fingerprint density at radius 3 is 2.76 bits per heavy atom. The van der Waals surface area contributed by atoms with Gasteiger partial charge in [0.25, 0.3) is 5.91 Å². The van der Waals surface area contributed by atoms with Crippen LogP contribution in [0.25, 0.3) is 20.8 Å². The van der Waals surface area contributed by atoms with Crippen LogP contribution in [0.4, 0.5) is 0 Å². The molecule has 0 bridgehead atoms. The Morgan fingerprint density at radius 1 is 1.14 bits per heavy atom. The van der Waals surface area contributed by atoms with Crippen molar-refractivity contribution in [1.82, 2.24) is 9.88 Å². The molecule has 0 aliphatic carbocycles. The Hall–Kier alpha value is -2.73. The fraction of sp³-hybridized carbons (Fsp3) is 0.348. The van der Waals surface area contributed by atoms with Gasteiger partial charge in [-0.2, -0.15) is 0 Å². The third kappa shape index (κ3) is 4.17. The molecule has 1 aliphatic rings. The van der Waals surface area contributed by atoms with E-state index >= 15 is 0 Å². The van der Waals surface area contributed by atoms with Crippen LogP contribution < -0.4 is 0 Å². The van der Waals surface area contributed by atoms with E-state index in [9.17, 15) is 9.59 Å². The third-order valence-corrected chi connectivity index (χ3v) is 6.49. The van der Waals surface area contributed by atoms with Crippen molar-refractivity contribution in [2.75, 3.05) is 13.2 Å². The fourth-order valence-corrected chi connectivity index (χ4v) is 4.88. The van der Waals surface area contributed by atoms with Gasteiger partial charge >= 0.3 is 5.97 Å². The van der Waals surface area contributed by atoms with E-state index in [1.165, 1.54) is 11.3 Å². The molecule has 1 amide bonds. The van der Waals surface area contributed by atoms with Gasteiger partial charge in [-0.25, -0.2) is 9.78 Å². The van der Waals surface area contributed by atoms with Crippen molar-refractivity contribution in [2.24, 2.45) is 0 Å². The second kappa shape index (κ2) is 8.74. The maximum Gasteiger partial charge on any atom is 0.339 e. The van der Waals surface area contributed by atoms with Gasteiger partial charge in [0.05, 0.1) is 15.8 Å². The largest absolute Gasteiger partial charge is 0.452 e. The molecule has 1 atom stereocenters. The molecule has 2 heterocycles. The summed E-state index contributed by atoms with van der Waals surface area (Å²) >= 11 is 1.54. The number of ether oxygens (including phenoxy) is 1. The molecule has 4 rings (SSSR count). The second-order valence-corrected chi connectivity index (χ2v) is 8.28. The summed E-state index contributed by atoms with van der Waals surface area (Å²) in [4.78, 5) is 31.9. The van der Waals surface area contributed by atoms with Gasteiger partial charge in [0.2, 0.25) is 0 Å². The molecular weight excluding hydrogens is 384 g/mol. The van der Waals surface area contributed by atoms with Crippen LogP contribution in [-0.4, -0.2) is 41.0 Å². The molecule has 0 unspecified atom stereocenters. The number of hydrogen-bond donors (Lipinski definition) is 0. The molecule has 1 aliphatic heterocycles. The number of thiazole rings is 1. The van der Waals surface area contributed by atoms with E-state index in [4.69, 9.17) is 4.74 Å². The lowest BCUT2D eigenvalue weighted by atomic mass is 10.00. The smallest absolute Gasteiger partial charge is 0.339 e. The summed E-state index contributed by atoms with van der Waals surface area (Å²) in [6.07, 6.45) is 4.12. The highest BCUT2D eigenvalue weighted by Crippen LogP contribution is 2.32. The molecule has 0 saturated carbocycles. The zero-order chi connectivity index (χ0) is 20.2. The molecule has 6 heteroatoms. The first-order chi connectivity index (χ1) is 14.2. The fourth-order valence-electron chi connectivity index (χ4n) is 3.88. The Kier molecular flexibility index (Phi) is 5.90. The summed E-state index contributed by atoms with van der Waals surface area (Å²) < 4.78 is 6.49. The summed E-state index contributed by atoms with van der Waals surface area (Å²) in [7, 11) is 0. The van der Waals surface area contributed by atoms with Crippen molar-refractivity contribution in [3.05, 3.63) is 54.1 Å². The van der Waals surface area contributed by atoms with Crippen molar-refractivity contribution >= 4 is 33.4 Å². The zero-order valence-corrected chi connectivity index (χ0v) is 17.3. The number of rotatable bonds is 5. The SMILES string of the molecule is CC[C@H]1CCCCN1C(=O)COC(=O)c1ccccc1-c1nc2ccccc2s1. The number of piperidine rings is 1. The van der Waals surface area contributed by atoms with E-state index in [1.54, 1.807) is 12.1 Å². The minimum atomic E-state index is -0.488. The molecule has 1 aromatic heterocycles. The number of likely N-dealkylation sites (tertiary alicyclic amines) is 1. The molecule has 0 radical (unpaired) electrons. The maximum absolute atomic E-state index is 12.8. The number of carbonyl (C=O) groups excluding carboxylic acids is 2. The molecular formula is C23H24N2O3S. The lowest BCUT2D eigenvalue weighted by Crippen LogP contribution is -2.45. The molecule has 150 valence electrons. The number of benzene rings is 2. The molecule has 5 nitrogen and oxygen atoms in total. The van der Waals surface area contributed by atoms with Crippen molar-refractivity contribution < 1.29 is 14.3 Å². The molecule has 29 heavy (non-hydrogen) atoms. The van der Waals surface area contributed by atoms with Crippen LogP contribution >= 0.6 is 11.3 Å². The van der Waals surface area contributed by atoms with E-state index in [-0.39, 0.29) is 18.6 Å². The molecule has 1 saturated heterocycles. The van der Waals surface area contributed by atoms with Gasteiger partial charge in [-0.3, -0.25) is 4.79 Å². The first kappa shape index (κ1) is 19.6. The summed E-state index contributed by atoms with van der Waals surface area (Å²) in [5, 5.41) is 0.771. The number of esters is 1. The predicted octanol–water partition coefficient (Wildman–Crippen LogP) is 4.91. The highest BCUT2D eigenvalue weighted by molar-refractivity contribution is 7.21. The van der Waals surface area contributed by atoms with Crippen LogP contribution in [0.2, 0.25) is 0 Å².